The molecular formula is C12H9FOS. The maximum Gasteiger partial charge on any atom is 0.150 e. The molecule has 0 bridgehead atoms. The molecule has 0 spiro atoms. The molecule has 0 aliphatic rings. The smallest absolute Gasteiger partial charge is 0.150 e. The minimum atomic E-state index is -0.374. The molecule has 1 heterocycles. The molecule has 15 heavy (non-hydrogen) atoms. The van der Waals surface area contributed by atoms with E-state index in [0.717, 1.165) is 16.0 Å². The van der Waals surface area contributed by atoms with Gasteiger partial charge in [0.05, 0.1) is 0 Å². The first-order valence-electron chi connectivity index (χ1n) is 4.50. The lowest BCUT2D eigenvalue weighted by Gasteiger charge is -1.99. The quantitative estimate of drug-likeness (QED) is 0.706. The summed E-state index contributed by atoms with van der Waals surface area (Å²) in [5.74, 6) is -0.374. The largest absolute Gasteiger partial charge is 0.298 e. The van der Waals surface area contributed by atoms with Crippen molar-refractivity contribution in [3.8, 4) is 10.4 Å². The molecule has 0 saturated heterocycles. The molecule has 1 nitrogen and oxygen atoms in total. The first kappa shape index (κ1) is 10.1. The van der Waals surface area contributed by atoms with Crippen molar-refractivity contribution < 1.29 is 9.18 Å². The van der Waals surface area contributed by atoms with Crippen LogP contribution in [0.2, 0.25) is 0 Å². The fourth-order valence-electron chi connectivity index (χ4n) is 1.41. The predicted molar refractivity (Wildman–Crippen MR) is 59.8 cm³/mol. The Bertz CT molecular complexity index is 502. The van der Waals surface area contributed by atoms with Gasteiger partial charge < -0.3 is 0 Å². The van der Waals surface area contributed by atoms with E-state index in [9.17, 15) is 9.18 Å². The van der Waals surface area contributed by atoms with Gasteiger partial charge in [-0.25, -0.2) is 4.39 Å². The summed E-state index contributed by atoms with van der Waals surface area (Å²) in [5.41, 5.74) is 2.28. The first-order valence-corrected chi connectivity index (χ1v) is 5.38. The number of carbonyl (C=O) groups is 1. The lowest BCUT2D eigenvalue weighted by molar-refractivity contribution is 0.112. The molecule has 2 aromatic rings. The normalized spacial score (nSPS) is 10.3. The van der Waals surface area contributed by atoms with Gasteiger partial charge >= 0.3 is 0 Å². The zero-order valence-electron chi connectivity index (χ0n) is 8.16. The van der Waals surface area contributed by atoms with Crippen LogP contribution in [0.5, 0.6) is 0 Å². The number of rotatable bonds is 2. The van der Waals surface area contributed by atoms with Gasteiger partial charge in [-0.05, 0) is 47.7 Å². The van der Waals surface area contributed by atoms with Crippen molar-refractivity contribution in [3.63, 3.8) is 0 Å². The summed E-state index contributed by atoms with van der Waals surface area (Å²) in [6, 6.07) is 6.35. The number of benzene rings is 1. The second-order valence-electron chi connectivity index (χ2n) is 3.38. The molecule has 76 valence electrons. The Kier molecular flexibility index (Phi) is 2.64. The van der Waals surface area contributed by atoms with Gasteiger partial charge in [0.2, 0.25) is 0 Å². The van der Waals surface area contributed by atoms with E-state index >= 15 is 0 Å². The molecule has 0 aliphatic heterocycles. The number of carbonyl (C=O) groups excluding carboxylic acids is 1. The molecule has 0 N–H and O–H groups in total. The third kappa shape index (κ3) is 2.13. The van der Waals surface area contributed by atoms with Gasteiger partial charge in [-0.2, -0.15) is 0 Å². The monoisotopic (exact) mass is 220 g/mol. The topological polar surface area (TPSA) is 17.1 Å². The van der Waals surface area contributed by atoms with Crippen LogP contribution in [0.3, 0.4) is 0 Å². The van der Waals surface area contributed by atoms with Crippen molar-refractivity contribution in [2.24, 2.45) is 0 Å². The van der Waals surface area contributed by atoms with Crippen molar-refractivity contribution in [3.05, 3.63) is 46.6 Å². The summed E-state index contributed by atoms with van der Waals surface area (Å²) >= 11 is 1.55. The van der Waals surface area contributed by atoms with E-state index in [1.54, 1.807) is 17.4 Å². The van der Waals surface area contributed by atoms with Gasteiger partial charge in [-0.3, -0.25) is 4.79 Å². The molecule has 2 rings (SSSR count). The van der Waals surface area contributed by atoms with Crippen molar-refractivity contribution in [1.82, 2.24) is 0 Å². The SMILES string of the molecule is Cc1csc(-c2cc(F)cc(C=O)c2)c1. The molecular weight excluding hydrogens is 211 g/mol. The van der Waals surface area contributed by atoms with Gasteiger partial charge in [-0.1, -0.05) is 0 Å². The van der Waals surface area contributed by atoms with E-state index in [0.29, 0.717) is 11.8 Å². The fraction of sp³-hybridized carbons (Fsp3) is 0.0833. The zero-order chi connectivity index (χ0) is 10.8. The third-order valence-corrected chi connectivity index (χ3v) is 3.17. The summed E-state index contributed by atoms with van der Waals surface area (Å²) < 4.78 is 13.2. The van der Waals surface area contributed by atoms with Crippen molar-refractivity contribution in [2.75, 3.05) is 0 Å². The number of halogens is 1. The molecule has 3 heteroatoms. The average molecular weight is 220 g/mol. The standard InChI is InChI=1S/C12H9FOS/c1-8-2-12(15-7-8)10-3-9(6-14)4-11(13)5-10/h2-7H,1H3. The van der Waals surface area contributed by atoms with Crippen molar-refractivity contribution in [1.29, 1.82) is 0 Å². The fourth-order valence-corrected chi connectivity index (χ4v) is 2.29. The molecule has 0 aliphatic carbocycles. The Morgan fingerprint density at radius 3 is 2.67 bits per heavy atom. The van der Waals surface area contributed by atoms with Crippen LogP contribution in [0.15, 0.2) is 29.6 Å². The highest BCUT2D eigenvalue weighted by Crippen LogP contribution is 2.28. The second kappa shape index (κ2) is 3.95. The highest BCUT2D eigenvalue weighted by Gasteiger charge is 2.04. The number of thiophene rings is 1. The van der Waals surface area contributed by atoms with E-state index in [4.69, 9.17) is 0 Å². The Hall–Kier alpha value is -1.48. The number of hydrogen-bond donors (Lipinski definition) is 0. The van der Waals surface area contributed by atoms with Gasteiger partial charge in [0.1, 0.15) is 12.1 Å². The molecule has 1 aromatic heterocycles. The number of hydrogen-bond acceptors (Lipinski definition) is 2. The molecule has 1 aromatic carbocycles. The minimum absolute atomic E-state index is 0.371. The molecule has 0 amide bonds. The van der Waals surface area contributed by atoms with E-state index < -0.39 is 0 Å². The van der Waals surface area contributed by atoms with Crippen LogP contribution in [-0.2, 0) is 0 Å². The summed E-state index contributed by atoms with van der Waals surface area (Å²) in [7, 11) is 0. The molecule has 0 saturated carbocycles. The molecule has 0 unspecified atom stereocenters. The summed E-state index contributed by atoms with van der Waals surface area (Å²) in [4.78, 5) is 11.6. The Morgan fingerprint density at radius 2 is 2.07 bits per heavy atom. The highest BCUT2D eigenvalue weighted by molar-refractivity contribution is 7.13. The lowest BCUT2D eigenvalue weighted by Crippen LogP contribution is -1.84. The van der Waals surface area contributed by atoms with Gasteiger partial charge in [-0.15, -0.1) is 11.3 Å². The van der Waals surface area contributed by atoms with Crippen LogP contribution >= 0.6 is 11.3 Å². The Balaban J connectivity index is 2.52. The second-order valence-corrected chi connectivity index (χ2v) is 4.29. The summed E-state index contributed by atoms with van der Waals surface area (Å²) in [6.45, 7) is 1.99. The van der Waals surface area contributed by atoms with Crippen LogP contribution in [-0.4, -0.2) is 6.29 Å². The highest BCUT2D eigenvalue weighted by atomic mass is 32.1. The molecule has 0 atom stereocenters. The summed E-state index contributed by atoms with van der Waals surface area (Å²) in [6.07, 6.45) is 0.660. The van der Waals surface area contributed by atoms with E-state index in [-0.39, 0.29) is 5.82 Å². The van der Waals surface area contributed by atoms with Crippen LogP contribution < -0.4 is 0 Å². The average Bonchev–Trinajstić information content (AvgIpc) is 2.64. The number of aryl methyl sites for hydroxylation is 1. The van der Waals surface area contributed by atoms with E-state index in [1.165, 1.54) is 12.1 Å². The minimum Gasteiger partial charge on any atom is -0.298 e. The Morgan fingerprint density at radius 1 is 1.27 bits per heavy atom. The zero-order valence-corrected chi connectivity index (χ0v) is 8.98. The van der Waals surface area contributed by atoms with Crippen LogP contribution in [0.25, 0.3) is 10.4 Å². The predicted octanol–water partition coefficient (Wildman–Crippen LogP) is 3.68. The maximum atomic E-state index is 13.2. The van der Waals surface area contributed by atoms with Crippen LogP contribution in [0.1, 0.15) is 15.9 Å². The lowest BCUT2D eigenvalue weighted by atomic mass is 10.1. The van der Waals surface area contributed by atoms with E-state index in [2.05, 4.69) is 0 Å². The third-order valence-electron chi connectivity index (χ3n) is 2.07. The van der Waals surface area contributed by atoms with E-state index in [1.807, 2.05) is 18.4 Å². The van der Waals surface area contributed by atoms with Crippen molar-refractivity contribution in [2.45, 2.75) is 6.92 Å². The maximum absolute atomic E-state index is 13.2. The summed E-state index contributed by atoms with van der Waals surface area (Å²) in [5, 5.41) is 2.00. The van der Waals surface area contributed by atoms with Gasteiger partial charge in [0.15, 0.2) is 0 Å². The molecule has 0 radical (unpaired) electrons. The molecule has 0 fully saturated rings. The van der Waals surface area contributed by atoms with Crippen LogP contribution in [0, 0.1) is 12.7 Å². The first-order chi connectivity index (χ1) is 7.19. The van der Waals surface area contributed by atoms with Gasteiger partial charge in [0.25, 0.3) is 0 Å². The van der Waals surface area contributed by atoms with Gasteiger partial charge in [0, 0.05) is 10.4 Å². The Labute approximate surface area is 91.2 Å². The number of aldehydes is 1. The van der Waals surface area contributed by atoms with Crippen LogP contribution in [0.4, 0.5) is 4.39 Å². The van der Waals surface area contributed by atoms with Crippen molar-refractivity contribution >= 4 is 17.6 Å².